The Kier molecular flexibility index (Phi) is 4.88. The Morgan fingerprint density at radius 3 is 2.76 bits per heavy atom. The van der Waals surface area contributed by atoms with Gasteiger partial charge in [-0.25, -0.2) is 4.98 Å². The molecule has 118 valence electrons. The van der Waals surface area contributed by atoms with E-state index in [0.29, 0.717) is 6.42 Å². The molecular weight excluding hydrogens is 303 g/mol. The van der Waals surface area contributed by atoms with Crippen molar-refractivity contribution in [3.05, 3.63) is 16.1 Å². The first kappa shape index (κ1) is 16.2. The van der Waals surface area contributed by atoms with Gasteiger partial charge in [-0.2, -0.15) is 13.2 Å². The molecule has 2 N–H and O–H groups in total. The molecule has 2 atom stereocenters. The molecule has 21 heavy (non-hydrogen) atoms. The van der Waals surface area contributed by atoms with Crippen molar-refractivity contribution >= 4 is 17.2 Å². The lowest BCUT2D eigenvalue weighted by Gasteiger charge is -2.20. The van der Waals surface area contributed by atoms with Crippen LogP contribution < -0.4 is 5.73 Å². The number of aromatic nitrogens is 1. The molecule has 1 aliphatic rings. The minimum atomic E-state index is -4.44. The monoisotopic (exact) mass is 321 g/mol. The van der Waals surface area contributed by atoms with Crippen molar-refractivity contribution < 1.29 is 18.0 Å². The van der Waals surface area contributed by atoms with Gasteiger partial charge in [0.1, 0.15) is 5.01 Å². The van der Waals surface area contributed by atoms with E-state index in [1.165, 1.54) is 4.90 Å². The second-order valence-corrected chi connectivity index (χ2v) is 6.38. The number of rotatable bonds is 4. The maximum Gasteiger partial charge on any atom is 0.434 e. The van der Waals surface area contributed by atoms with Crippen LogP contribution in [0.3, 0.4) is 0 Å². The van der Waals surface area contributed by atoms with Crippen LogP contribution in [0.25, 0.3) is 0 Å². The van der Waals surface area contributed by atoms with Gasteiger partial charge in [-0.05, 0) is 18.8 Å². The highest BCUT2D eigenvalue weighted by Gasteiger charge is 2.34. The quantitative estimate of drug-likeness (QED) is 0.927. The molecule has 1 fully saturated rings. The van der Waals surface area contributed by atoms with E-state index < -0.39 is 11.9 Å². The lowest BCUT2D eigenvalue weighted by atomic mass is 9.99. The summed E-state index contributed by atoms with van der Waals surface area (Å²) < 4.78 is 37.4. The van der Waals surface area contributed by atoms with Crippen LogP contribution >= 0.6 is 11.3 Å². The number of carbonyl (C=O) groups excluding carboxylic acids is 1. The van der Waals surface area contributed by atoms with Crippen molar-refractivity contribution in [1.29, 1.82) is 0 Å². The molecule has 1 saturated carbocycles. The topological polar surface area (TPSA) is 59.2 Å². The summed E-state index contributed by atoms with van der Waals surface area (Å²) in [4.78, 5) is 17.0. The fourth-order valence-corrected chi connectivity index (χ4v) is 3.36. The Morgan fingerprint density at radius 2 is 2.24 bits per heavy atom. The number of nitrogens with zero attached hydrogens (tertiary/aromatic N) is 2. The van der Waals surface area contributed by atoms with Crippen molar-refractivity contribution in [2.75, 3.05) is 7.05 Å². The van der Waals surface area contributed by atoms with Crippen LogP contribution in [0.4, 0.5) is 13.2 Å². The average Bonchev–Trinajstić information content (AvgIpc) is 2.99. The summed E-state index contributed by atoms with van der Waals surface area (Å²) in [5, 5.41) is 1.26. The molecule has 1 heterocycles. The lowest BCUT2D eigenvalue weighted by molar-refractivity contribution is -0.140. The Balaban J connectivity index is 1.90. The number of hydrogen-bond acceptors (Lipinski definition) is 4. The summed E-state index contributed by atoms with van der Waals surface area (Å²) in [6.07, 6.45) is -1.17. The molecule has 0 saturated heterocycles. The standard InChI is InChI=1S/C13H18F3N3OS/c1-19(12(20)5-8-3-2-4-9(8)17)6-11-18-10(7-21-11)13(14,15)16/h7-9H,2-6,17H2,1H3/t8-,9+/m0/s1. The van der Waals surface area contributed by atoms with Gasteiger partial charge in [0.15, 0.2) is 5.69 Å². The van der Waals surface area contributed by atoms with E-state index in [0.717, 1.165) is 36.0 Å². The molecule has 0 bridgehead atoms. The van der Waals surface area contributed by atoms with Gasteiger partial charge in [-0.3, -0.25) is 4.79 Å². The van der Waals surface area contributed by atoms with Crippen LogP contribution in [0.5, 0.6) is 0 Å². The van der Waals surface area contributed by atoms with E-state index >= 15 is 0 Å². The smallest absolute Gasteiger partial charge is 0.339 e. The van der Waals surface area contributed by atoms with Crippen LogP contribution in [0.1, 0.15) is 36.4 Å². The van der Waals surface area contributed by atoms with Crippen molar-refractivity contribution in [3.63, 3.8) is 0 Å². The minimum Gasteiger partial charge on any atom is -0.339 e. The first-order valence-corrected chi connectivity index (χ1v) is 7.66. The summed E-state index contributed by atoms with van der Waals surface area (Å²) >= 11 is 0.916. The molecular formula is C13H18F3N3OS. The number of carbonyl (C=O) groups is 1. The number of hydrogen-bond donors (Lipinski definition) is 1. The maximum atomic E-state index is 12.5. The van der Waals surface area contributed by atoms with Crippen LogP contribution in [0, 0.1) is 5.92 Å². The lowest BCUT2D eigenvalue weighted by Crippen LogP contribution is -2.32. The predicted octanol–water partition coefficient (Wildman–Crippen LogP) is 2.64. The molecule has 1 amide bonds. The van der Waals surface area contributed by atoms with Crippen LogP contribution in [-0.2, 0) is 17.5 Å². The number of alkyl halides is 3. The van der Waals surface area contributed by atoms with Crippen molar-refractivity contribution in [1.82, 2.24) is 9.88 Å². The normalized spacial score (nSPS) is 22.5. The Labute approximate surface area is 125 Å². The first-order valence-electron chi connectivity index (χ1n) is 6.78. The zero-order valence-electron chi connectivity index (χ0n) is 11.7. The Hall–Kier alpha value is -1.15. The van der Waals surface area contributed by atoms with Gasteiger partial charge in [0.2, 0.25) is 5.91 Å². The fourth-order valence-electron chi connectivity index (χ4n) is 2.50. The number of nitrogens with two attached hydrogens (primary N) is 1. The molecule has 2 rings (SSSR count). The van der Waals surface area contributed by atoms with E-state index in [-0.39, 0.29) is 29.4 Å². The van der Waals surface area contributed by atoms with Crippen molar-refractivity contribution in [2.45, 2.75) is 44.4 Å². The molecule has 0 spiro atoms. The summed E-state index contributed by atoms with van der Waals surface area (Å²) in [6, 6.07) is 0.0547. The number of amides is 1. The summed E-state index contributed by atoms with van der Waals surface area (Å²) in [5.74, 6) is 0.0862. The summed E-state index contributed by atoms with van der Waals surface area (Å²) in [5.41, 5.74) is 5.02. The predicted molar refractivity (Wildman–Crippen MR) is 73.5 cm³/mol. The molecule has 8 heteroatoms. The van der Waals surface area contributed by atoms with E-state index in [1.807, 2.05) is 0 Å². The third-order valence-electron chi connectivity index (χ3n) is 3.80. The van der Waals surface area contributed by atoms with Gasteiger partial charge >= 0.3 is 6.18 Å². The maximum absolute atomic E-state index is 12.5. The zero-order valence-corrected chi connectivity index (χ0v) is 12.5. The molecule has 4 nitrogen and oxygen atoms in total. The first-order chi connectivity index (χ1) is 9.77. The van der Waals surface area contributed by atoms with Gasteiger partial charge in [0.25, 0.3) is 0 Å². The average molecular weight is 321 g/mol. The van der Waals surface area contributed by atoms with Gasteiger partial charge in [0, 0.05) is 24.9 Å². The number of halogens is 3. The van der Waals surface area contributed by atoms with Crippen LogP contribution in [-0.4, -0.2) is 28.9 Å². The van der Waals surface area contributed by atoms with Crippen molar-refractivity contribution in [3.8, 4) is 0 Å². The molecule has 0 radical (unpaired) electrons. The summed E-state index contributed by atoms with van der Waals surface area (Å²) in [7, 11) is 1.58. The highest BCUT2D eigenvalue weighted by molar-refractivity contribution is 7.09. The SMILES string of the molecule is CN(Cc1nc(C(F)(F)F)cs1)C(=O)C[C@@H]1CCC[C@H]1N. The van der Waals surface area contributed by atoms with E-state index in [1.54, 1.807) is 7.05 Å². The molecule has 1 aromatic rings. The molecule has 0 aliphatic heterocycles. The number of thiazole rings is 1. The third-order valence-corrected chi connectivity index (χ3v) is 4.63. The van der Waals surface area contributed by atoms with Crippen molar-refractivity contribution in [2.24, 2.45) is 11.7 Å². The Morgan fingerprint density at radius 1 is 1.52 bits per heavy atom. The van der Waals surface area contributed by atoms with Gasteiger partial charge in [0.05, 0.1) is 6.54 Å². The summed E-state index contributed by atoms with van der Waals surface area (Å²) in [6.45, 7) is 0.0987. The van der Waals surface area contributed by atoms with E-state index in [2.05, 4.69) is 4.98 Å². The molecule has 0 aromatic carbocycles. The highest BCUT2D eigenvalue weighted by Crippen LogP contribution is 2.31. The fraction of sp³-hybridized carbons (Fsp3) is 0.692. The highest BCUT2D eigenvalue weighted by atomic mass is 32.1. The van der Waals surface area contributed by atoms with Gasteiger partial charge in [-0.15, -0.1) is 11.3 Å². The molecule has 1 aromatic heterocycles. The Bertz CT molecular complexity index is 503. The largest absolute Gasteiger partial charge is 0.434 e. The second kappa shape index (κ2) is 6.31. The van der Waals surface area contributed by atoms with E-state index in [4.69, 9.17) is 5.73 Å². The van der Waals surface area contributed by atoms with Gasteiger partial charge in [-0.1, -0.05) is 6.42 Å². The van der Waals surface area contributed by atoms with Gasteiger partial charge < -0.3 is 10.6 Å². The molecule has 1 aliphatic carbocycles. The second-order valence-electron chi connectivity index (χ2n) is 5.43. The minimum absolute atomic E-state index is 0.0547. The van der Waals surface area contributed by atoms with E-state index in [9.17, 15) is 18.0 Å². The zero-order chi connectivity index (χ0) is 15.6. The van der Waals surface area contributed by atoms with Crippen LogP contribution in [0.15, 0.2) is 5.38 Å². The van der Waals surface area contributed by atoms with Crippen LogP contribution in [0.2, 0.25) is 0 Å². The molecule has 0 unspecified atom stereocenters. The third kappa shape index (κ3) is 4.16.